The van der Waals surface area contributed by atoms with Gasteiger partial charge >= 0.3 is 0 Å². The molecule has 0 spiro atoms. The van der Waals surface area contributed by atoms with Crippen molar-refractivity contribution in [3.8, 4) is 0 Å². The zero-order chi connectivity index (χ0) is 18.9. The van der Waals surface area contributed by atoms with E-state index in [0.717, 1.165) is 36.6 Å². The van der Waals surface area contributed by atoms with E-state index >= 15 is 0 Å². The van der Waals surface area contributed by atoms with Crippen LogP contribution in [0.1, 0.15) is 42.6 Å². The molecule has 1 aliphatic heterocycles. The Morgan fingerprint density at radius 3 is 3.04 bits per heavy atom. The number of hydrogen-bond donors (Lipinski definition) is 2. The number of methoxy groups -OCH3 is 1. The number of piperidine rings is 1. The number of nitrogens with one attached hydrogen (secondary N) is 2. The van der Waals surface area contributed by atoms with Crippen molar-refractivity contribution in [1.29, 1.82) is 0 Å². The van der Waals surface area contributed by atoms with Crippen molar-refractivity contribution in [1.82, 2.24) is 15.2 Å². The molecule has 4 rings (SSSR count). The maximum Gasteiger partial charge on any atom is 0.267 e. The number of benzene rings is 1. The molecule has 1 saturated carbocycles. The zero-order valence-electron chi connectivity index (χ0n) is 15.8. The number of H-pyrrole nitrogens is 1. The number of nitrogens with zero attached hydrogens (tertiary/aromatic N) is 1. The highest BCUT2D eigenvalue weighted by atomic mass is 16.5. The summed E-state index contributed by atoms with van der Waals surface area (Å²) in [5, 5.41) is 4.18. The molecular formula is C21H27N3O3. The molecule has 27 heavy (non-hydrogen) atoms. The van der Waals surface area contributed by atoms with E-state index in [0.29, 0.717) is 31.8 Å². The van der Waals surface area contributed by atoms with E-state index in [1.54, 1.807) is 7.11 Å². The van der Waals surface area contributed by atoms with Crippen LogP contribution in [0.5, 0.6) is 0 Å². The number of hydrogen-bond acceptors (Lipinski definition) is 3. The van der Waals surface area contributed by atoms with Gasteiger partial charge in [0.2, 0.25) is 5.91 Å². The Morgan fingerprint density at radius 1 is 1.37 bits per heavy atom. The number of aromatic amines is 1. The van der Waals surface area contributed by atoms with E-state index < -0.39 is 0 Å². The van der Waals surface area contributed by atoms with Crippen molar-refractivity contribution in [2.45, 2.75) is 38.1 Å². The largest absolute Gasteiger partial charge is 0.383 e. The molecule has 6 nitrogen and oxygen atoms in total. The summed E-state index contributed by atoms with van der Waals surface area (Å²) in [4.78, 5) is 30.3. The highest BCUT2D eigenvalue weighted by molar-refractivity contribution is 5.98. The van der Waals surface area contributed by atoms with Gasteiger partial charge in [0.1, 0.15) is 5.69 Å². The molecule has 2 amide bonds. The maximum absolute atomic E-state index is 12.7. The highest BCUT2D eigenvalue weighted by Crippen LogP contribution is 2.47. The third-order valence-corrected chi connectivity index (χ3v) is 6.30. The summed E-state index contributed by atoms with van der Waals surface area (Å²) in [6.45, 7) is 1.81. The van der Waals surface area contributed by atoms with Crippen molar-refractivity contribution < 1.29 is 14.3 Å². The minimum absolute atomic E-state index is 0.0106. The van der Waals surface area contributed by atoms with Gasteiger partial charge in [-0.15, -0.1) is 0 Å². The van der Waals surface area contributed by atoms with Gasteiger partial charge in [0.05, 0.1) is 6.61 Å². The third kappa shape index (κ3) is 3.34. The van der Waals surface area contributed by atoms with Gasteiger partial charge in [-0.25, -0.2) is 0 Å². The smallest absolute Gasteiger partial charge is 0.267 e. The molecule has 1 saturated heterocycles. The minimum atomic E-state index is -0.0773. The number of likely N-dealkylation sites (tertiary alicyclic amines) is 1. The van der Waals surface area contributed by atoms with Gasteiger partial charge in [-0.05, 0) is 31.4 Å². The van der Waals surface area contributed by atoms with E-state index in [4.69, 9.17) is 4.74 Å². The van der Waals surface area contributed by atoms with Crippen LogP contribution >= 0.6 is 0 Å². The molecule has 0 unspecified atom stereocenters. The van der Waals surface area contributed by atoms with E-state index in [-0.39, 0.29) is 23.3 Å². The first-order chi connectivity index (χ1) is 13.1. The first-order valence-corrected chi connectivity index (χ1v) is 9.77. The van der Waals surface area contributed by atoms with Crippen LogP contribution in [-0.2, 0) is 9.53 Å². The number of para-hydroxylation sites is 1. The molecule has 1 aliphatic carbocycles. The van der Waals surface area contributed by atoms with Crippen LogP contribution in [-0.4, -0.2) is 54.5 Å². The van der Waals surface area contributed by atoms with Crippen LogP contribution in [0.4, 0.5) is 0 Å². The van der Waals surface area contributed by atoms with Gasteiger partial charge in [-0.3, -0.25) is 9.59 Å². The van der Waals surface area contributed by atoms with Gasteiger partial charge in [-0.2, -0.15) is 0 Å². The molecule has 144 valence electrons. The molecule has 2 heterocycles. The van der Waals surface area contributed by atoms with Crippen molar-refractivity contribution in [3.05, 3.63) is 36.0 Å². The van der Waals surface area contributed by atoms with E-state index in [1.165, 1.54) is 0 Å². The summed E-state index contributed by atoms with van der Waals surface area (Å²) in [6.07, 6.45) is 4.58. The number of aromatic nitrogens is 1. The Hall–Kier alpha value is -2.34. The van der Waals surface area contributed by atoms with Gasteiger partial charge in [0.15, 0.2) is 0 Å². The lowest BCUT2D eigenvalue weighted by Gasteiger charge is -2.46. The highest BCUT2D eigenvalue weighted by Gasteiger charge is 2.50. The number of rotatable bonds is 6. The molecule has 2 aromatic rings. The number of amides is 2. The molecular weight excluding hydrogens is 342 g/mol. The Kier molecular flexibility index (Phi) is 4.91. The molecule has 2 N–H and O–H groups in total. The SMILES string of the molecule is COCCN1C(=O)CC[C@]2(CNC(=O)c3cc4ccccc4[nH]3)CCC[C@@H]12. The minimum Gasteiger partial charge on any atom is -0.383 e. The monoisotopic (exact) mass is 369 g/mol. The van der Waals surface area contributed by atoms with E-state index in [1.807, 2.05) is 35.2 Å². The van der Waals surface area contributed by atoms with Gasteiger partial charge in [0, 0.05) is 49.0 Å². The van der Waals surface area contributed by atoms with E-state index in [9.17, 15) is 9.59 Å². The van der Waals surface area contributed by atoms with Crippen molar-refractivity contribution >= 4 is 22.7 Å². The molecule has 2 aliphatic rings. The molecule has 1 aromatic heterocycles. The maximum atomic E-state index is 12.7. The van der Waals surface area contributed by atoms with Crippen molar-refractivity contribution in [3.63, 3.8) is 0 Å². The average molecular weight is 369 g/mol. The summed E-state index contributed by atoms with van der Waals surface area (Å²) in [5.74, 6) is 0.142. The fourth-order valence-corrected chi connectivity index (χ4v) is 4.88. The first-order valence-electron chi connectivity index (χ1n) is 9.77. The topological polar surface area (TPSA) is 74.4 Å². The Labute approximate surface area is 159 Å². The summed E-state index contributed by atoms with van der Waals surface area (Å²) in [6, 6.07) is 9.98. The Balaban J connectivity index is 1.47. The van der Waals surface area contributed by atoms with Gasteiger partial charge in [0.25, 0.3) is 5.91 Å². The standard InChI is InChI=1S/C21H27N3O3/c1-27-12-11-24-18-7-4-9-21(18,10-8-19(24)25)14-22-20(26)17-13-15-5-2-3-6-16(15)23-17/h2-3,5-6,13,18,23H,4,7-12,14H2,1H3,(H,22,26)/t18-,21+/m1/s1. The Morgan fingerprint density at radius 2 is 2.22 bits per heavy atom. The van der Waals surface area contributed by atoms with Crippen molar-refractivity contribution in [2.24, 2.45) is 5.41 Å². The van der Waals surface area contributed by atoms with Crippen LogP contribution in [0.2, 0.25) is 0 Å². The second kappa shape index (κ2) is 7.35. The lowest BCUT2D eigenvalue weighted by molar-refractivity contribution is -0.142. The molecule has 1 aromatic carbocycles. The fraction of sp³-hybridized carbons (Fsp3) is 0.524. The predicted molar refractivity (Wildman–Crippen MR) is 104 cm³/mol. The molecule has 0 bridgehead atoms. The lowest BCUT2D eigenvalue weighted by Crippen LogP contribution is -2.56. The number of carbonyl (C=O) groups excluding carboxylic acids is 2. The van der Waals surface area contributed by atoms with E-state index in [2.05, 4.69) is 10.3 Å². The quantitative estimate of drug-likeness (QED) is 0.822. The average Bonchev–Trinajstić information content (AvgIpc) is 3.30. The number of fused-ring (bicyclic) bond motifs is 2. The summed E-state index contributed by atoms with van der Waals surface area (Å²) in [5.41, 5.74) is 1.54. The predicted octanol–water partition coefficient (Wildman–Crippen LogP) is 2.71. The van der Waals surface area contributed by atoms with Crippen LogP contribution in [0.3, 0.4) is 0 Å². The lowest BCUT2D eigenvalue weighted by atomic mass is 9.74. The molecule has 6 heteroatoms. The van der Waals surface area contributed by atoms with Crippen LogP contribution in [0.15, 0.2) is 30.3 Å². The normalized spacial score (nSPS) is 25.0. The second-order valence-corrected chi connectivity index (χ2v) is 7.80. The molecule has 0 radical (unpaired) electrons. The fourth-order valence-electron chi connectivity index (χ4n) is 4.88. The summed E-state index contributed by atoms with van der Waals surface area (Å²) >= 11 is 0. The second-order valence-electron chi connectivity index (χ2n) is 7.80. The van der Waals surface area contributed by atoms with Gasteiger partial charge in [-0.1, -0.05) is 24.6 Å². The van der Waals surface area contributed by atoms with Crippen molar-refractivity contribution in [2.75, 3.05) is 26.8 Å². The Bertz CT molecular complexity index is 813. The van der Waals surface area contributed by atoms with Crippen LogP contribution < -0.4 is 5.32 Å². The van der Waals surface area contributed by atoms with Crippen LogP contribution in [0, 0.1) is 5.41 Å². The zero-order valence-corrected chi connectivity index (χ0v) is 15.8. The van der Waals surface area contributed by atoms with Gasteiger partial charge < -0.3 is 19.9 Å². The molecule has 2 fully saturated rings. The third-order valence-electron chi connectivity index (χ3n) is 6.30. The first kappa shape index (κ1) is 18.0. The molecule has 2 atom stereocenters. The summed E-state index contributed by atoms with van der Waals surface area (Å²) < 4.78 is 5.19. The number of ether oxygens (including phenoxy) is 1. The number of carbonyl (C=O) groups is 2. The summed E-state index contributed by atoms with van der Waals surface area (Å²) in [7, 11) is 1.66. The van der Waals surface area contributed by atoms with Crippen LogP contribution in [0.25, 0.3) is 10.9 Å².